The van der Waals surface area contributed by atoms with Crippen molar-refractivity contribution < 1.29 is 12.8 Å². The summed E-state index contributed by atoms with van der Waals surface area (Å²) in [6.07, 6.45) is 6.22. The van der Waals surface area contributed by atoms with Crippen LogP contribution in [0.1, 0.15) is 32.3 Å². The number of sulfone groups is 1. The van der Waals surface area contributed by atoms with Crippen molar-refractivity contribution in [2.45, 2.75) is 44.7 Å². The molecule has 1 saturated carbocycles. The number of hydrogen-bond donors (Lipinski definition) is 0. The minimum absolute atomic E-state index is 0.0121. The highest BCUT2D eigenvalue weighted by molar-refractivity contribution is 7.91. The van der Waals surface area contributed by atoms with E-state index < -0.39 is 33.2 Å². The molecule has 10 heteroatoms. The Morgan fingerprint density at radius 1 is 1.21 bits per heavy atom. The summed E-state index contributed by atoms with van der Waals surface area (Å²) in [4.78, 5) is 26.6. The van der Waals surface area contributed by atoms with Crippen LogP contribution in [0.25, 0.3) is 10.9 Å². The Balaban J connectivity index is 1.89. The topological polar surface area (TPSA) is 96.0 Å². The Labute approximate surface area is 190 Å². The fraction of sp³-hybridized carbons (Fsp3) is 0.435. The van der Waals surface area contributed by atoms with E-state index in [1.165, 1.54) is 22.8 Å². The van der Waals surface area contributed by atoms with Gasteiger partial charge < -0.3 is 0 Å². The Kier molecular flexibility index (Phi) is 5.90. The minimum atomic E-state index is -3.79. The lowest BCUT2D eigenvalue weighted by Crippen LogP contribution is -2.40. The molecule has 4 rings (SSSR count). The lowest BCUT2D eigenvalue weighted by molar-refractivity contribution is 0.367. The third-order valence-corrected chi connectivity index (χ3v) is 8.04. The zero-order chi connectivity index (χ0) is 24.0. The van der Waals surface area contributed by atoms with Crippen LogP contribution in [0, 0.1) is 5.41 Å². The summed E-state index contributed by atoms with van der Waals surface area (Å²) in [5.74, 6) is -0.288. The first kappa shape index (κ1) is 23.2. The quantitative estimate of drug-likeness (QED) is 0.467. The maximum absolute atomic E-state index is 13.3. The van der Waals surface area contributed by atoms with Crippen molar-refractivity contribution in [2.75, 3.05) is 12.4 Å². The number of aromatic nitrogens is 4. The molecule has 0 aliphatic heterocycles. The van der Waals surface area contributed by atoms with Gasteiger partial charge in [-0.05, 0) is 44.9 Å². The summed E-state index contributed by atoms with van der Waals surface area (Å²) >= 11 is 0. The highest BCUT2D eigenvalue weighted by Gasteiger charge is 2.46. The number of rotatable bonds is 8. The van der Waals surface area contributed by atoms with Crippen LogP contribution in [0.3, 0.4) is 0 Å². The molecule has 1 aliphatic carbocycles. The molecule has 0 amide bonds. The van der Waals surface area contributed by atoms with Gasteiger partial charge in [-0.15, -0.1) is 0 Å². The third-order valence-electron chi connectivity index (χ3n) is 6.07. The molecule has 0 unspecified atom stereocenters. The van der Waals surface area contributed by atoms with Gasteiger partial charge in [-0.2, -0.15) is 5.10 Å². The Bertz CT molecular complexity index is 1470. The number of benzene rings is 1. The predicted molar refractivity (Wildman–Crippen MR) is 124 cm³/mol. The van der Waals surface area contributed by atoms with Crippen LogP contribution in [-0.2, 0) is 30.0 Å². The third kappa shape index (κ3) is 4.57. The largest absolute Gasteiger partial charge is 0.332 e. The molecule has 0 N–H and O–H groups in total. The Morgan fingerprint density at radius 2 is 1.94 bits per heavy atom. The van der Waals surface area contributed by atoms with Gasteiger partial charge in [0.2, 0.25) is 0 Å². The van der Waals surface area contributed by atoms with Crippen molar-refractivity contribution in [2.24, 2.45) is 12.5 Å². The zero-order valence-electron chi connectivity index (χ0n) is 18.9. The normalized spacial score (nSPS) is 15.0. The van der Waals surface area contributed by atoms with E-state index in [0.29, 0.717) is 23.9 Å². The maximum atomic E-state index is 13.3. The molecule has 33 heavy (non-hydrogen) atoms. The molecule has 0 spiro atoms. The van der Waals surface area contributed by atoms with Crippen LogP contribution in [0.15, 0.2) is 56.7 Å². The van der Waals surface area contributed by atoms with E-state index in [2.05, 4.69) is 5.10 Å². The zero-order valence-corrected chi connectivity index (χ0v) is 19.7. The molecule has 3 aromatic rings. The van der Waals surface area contributed by atoms with Crippen molar-refractivity contribution in [3.05, 3.63) is 68.6 Å². The van der Waals surface area contributed by atoms with E-state index in [-0.39, 0.29) is 29.1 Å². The van der Waals surface area contributed by atoms with Gasteiger partial charge in [0.15, 0.2) is 9.84 Å². The van der Waals surface area contributed by atoms with Crippen LogP contribution in [0.5, 0.6) is 0 Å². The van der Waals surface area contributed by atoms with Crippen LogP contribution in [0.2, 0.25) is 0 Å². The molecular formula is C23H27FN4O4S. The fourth-order valence-electron chi connectivity index (χ4n) is 3.90. The van der Waals surface area contributed by atoms with Crippen molar-refractivity contribution in [3.8, 4) is 0 Å². The van der Waals surface area contributed by atoms with Gasteiger partial charge in [-0.25, -0.2) is 13.2 Å². The first-order valence-electron chi connectivity index (χ1n) is 10.7. The summed E-state index contributed by atoms with van der Waals surface area (Å²) in [5.41, 5.74) is 0.161. The van der Waals surface area contributed by atoms with Crippen molar-refractivity contribution in [1.29, 1.82) is 0 Å². The molecule has 0 atom stereocenters. The number of nitrogens with zero attached hydrogens (tertiary/aromatic N) is 4. The monoisotopic (exact) mass is 474 g/mol. The molecule has 2 heterocycles. The van der Waals surface area contributed by atoms with Crippen molar-refractivity contribution >= 4 is 20.7 Å². The average Bonchev–Trinajstić information content (AvgIpc) is 3.41. The molecule has 8 nitrogen and oxygen atoms in total. The van der Waals surface area contributed by atoms with E-state index in [0.717, 1.165) is 10.1 Å². The smallest absolute Gasteiger partial charge is 0.289 e. The summed E-state index contributed by atoms with van der Waals surface area (Å²) in [7, 11) is -2.06. The van der Waals surface area contributed by atoms with Crippen LogP contribution in [-0.4, -0.2) is 39.8 Å². The molecular weight excluding hydrogens is 447 g/mol. The molecule has 1 aromatic carbocycles. The van der Waals surface area contributed by atoms with Gasteiger partial charge in [0.1, 0.15) is 0 Å². The van der Waals surface area contributed by atoms with E-state index in [1.54, 1.807) is 24.1 Å². The number of alkyl halides is 1. The van der Waals surface area contributed by atoms with E-state index in [9.17, 15) is 22.4 Å². The number of hydrogen-bond acceptors (Lipinski definition) is 5. The average molecular weight is 475 g/mol. The number of allylic oxidation sites excluding steroid dienone is 2. The molecule has 0 radical (unpaired) electrons. The molecule has 1 aliphatic rings. The van der Waals surface area contributed by atoms with Gasteiger partial charge in [-0.3, -0.25) is 23.0 Å². The van der Waals surface area contributed by atoms with Gasteiger partial charge in [-0.1, -0.05) is 11.6 Å². The minimum Gasteiger partial charge on any atom is -0.289 e. The summed E-state index contributed by atoms with van der Waals surface area (Å²) in [5, 5.41) is 4.22. The van der Waals surface area contributed by atoms with Gasteiger partial charge >= 0.3 is 5.69 Å². The Hall–Kier alpha value is -3.01. The van der Waals surface area contributed by atoms with Crippen molar-refractivity contribution in [1.82, 2.24) is 18.9 Å². The number of fused-ring (bicyclic) bond motifs is 1. The predicted octanol–water partition coefficient (Wildman–Crippen LogP) is 2.43. The molecule has 0 bridgehead atoms. The van der Waals surface area contributed by atoms with Gasteiger partial charge in [0, 0.05) is 30.8 Å². The van der Waals surface area contributed by atoms with E-state index in [4.69, 9.17) is 0 Å². The van der Waals surface area contributed by atoms with Crippen molar-refractivity contribution in [3.63, 3.8) is 0 Å². The SMILES string of the molecule is CC(C)=CCn1c(=O)n(Cc2cnn(C)c2)c(=O)c2cc(S(=O)(=O)CC3(CF)CC3)ccc21. The number of aryl methyl sites for hydroxylation is 1. The van der Waals surface area contributed by atoms with Crippen LogP contribution in [0.4, 0.5) is 4.39 Å². The van der Waals surface area contributed by atoms with E-state index in [1.807, 2.05) is 19.9 Å². The number of halogens is 1. The molecule has 1 fully saturated rings. The molecule has 0 saturated heterocycles. The highest BCUT2D eigenvalue weighted by atomic mass is 32.2. The van der Waals surface area contributed by atoms with Crippen LogP contribution >= 0.6 is 0 Å². The summed E-state index contributed by atoms with van der Waals surface area (Å²) in [6, 6.07) is 4.21. The second-order valence-electron chi connectivity index (χ2n) is 9.16. The second-order valence-corrected chi connectivity index (χ2v) is 11.1. The maximum Gasteiger partial charge on any atom is 0.332 e. The standard InChI is InChI=1S/C23H27FN4O4S/c1-16(2)6-9-27-20-5-4-18(33(31,32)15-23(14-24)7-8-23)10-19(20)21(29)28(22(27)30)13-17-11-25-26(3)12-17/h4-6,10-12H,7-9,13-15H2,1-3H3. The van der Waals surface area contributed by atoms with E-state index >= 15 is 0 Å². The fourth-order valence-corrected chi connectivity index (χ4v) is 5.81. The van der Waals surface area contributed by atoms with Gasteiger partial charge in [0.05, 0.1) is 41.0 Å². The highest BCUT2D eigenvalue weighted by Crippen LogP contribution is 2.47. The first-order chi connectivity index (χ1) is 15.5. The Morgan fingerprint density at radius 3 is 2.52 bits per heavy atom. The summed E-state index contributed by atoms with van der Waals surface area (Å²) in [6.45, 7) is 3.38. The molecule has 176 valence electrons. The lowest BCUT2D eigenvalue weighted by Gasteiger charge is -2.15. The first-order valence-corrected chi connectivity index (χ1v) is 12.4. The van der Waals surface area contributed by atoms with Crippen LogP contribution < -0.4 is 11.2 Å². The second kappa shape index (κ2) is 8.40. The molecule has 2 aromatic heterocycles. The van der Waals surface area contributed by atoms with Gasteiger partial charge in [0.25, 0.3) is 5.56 Å². The lowest BCUT2D eigenvalue weighted by atomic mass is 10.2. The summed E-state index contributed by atoms with van der Waals surface area (Å²) < 4.78 is 43.4.